The molecule has 3 nitrogen and oxygen atoms in total. The lowest BCUT2D eigenvalue weighted by molar-refractivity contribution is 0.480. The molecule has 1 heterocycles. The third kappa shape index (κ3) is 3.29. The van der Waals surface area contributed by atoms with Gasteiger partial charge in [-0.05, 0) is 35.7 Å². The third-order valence-electron chi connectivity index (χ3n) is 4.77. The van der Waals surface area contributed by atoms with Gasteiger partial charge in [-0.25, -0.2) is 4.98 Å². The molecule has 0 spiro atoms. The lowest BCUT2D eigenvalue weighted by atomic mass is 9.98. The van der Waals surface area contributed by atoms with E-state index in [9.17, 15) is 5.11 Å². The Hall–Kier alpha value is -2.79. The molecule has 0 unspecified atom stereocenters. The van der Waals surface area contributed by atoms with Crippen LogP contribution in [0.1, 0.15) is 0 Å². The summed E-state index contributed by atoms with van der Waals surface area (Å²) in [4.78, 5) is 4.64. The Morgan fingerprint density at radius 3 is 2.48 bits per heavy atom. The van der Waals surface area contributed by atoms with Gasteiger partial charge in [0.2, 0.25) is 0 Å². The van der Waals surface area contributed by atoms with Crippen LogP contribution in [0.25, 0.3) is 32.1 Å². The van der Waals surface area contributed by atoms with Crippen molar-refractivity contribution in [2.24, 2.45) is 0 Å². The van der Waals surface area contributed by atoms with Gasteiger partial charge < -0.3 is 10.4 Å². The van der Waals surface area contributed by atoms with Crippen LogP contribution in [0, 0.1) is 0 Å². The number of nitrogens with one attached hydrogen (secondary N) is 1. The van der Waals surface area contributed by atoms with Crippen LogP contribution in [-0.4, -0.2) is 10.1 Å². The molecular weight excluding hydrogens is 423 g/mol. The highest BCUT2D eigenvalue weighted by Gasteiger charge is 2.17. The van der Waals surface area contributed by atoms with Gasteiger partial charge in [-0.2, -0.15) is 0 Å². The highest BCUT2D eigenvalue weighted by Crippen LogP contribution is 2.45. The summed E-state index contributed by atoms with van der Waals surface area (Å²) in [5.74, 6) is 0.118. The number of hydrogen-bond acceptors (Lipinski definition) is 4. The SMILES string of the molecule is Oc1c(-c2ccc(Cl)cc2Cl)cc2ccccc2c1Nc1nc2ccccc2s1. The molecule has 0 bridgehead atoms. The van der Waals surface area contributed by atoms with E-state index in [1.165, 1.54) is 11.3 Å². The first kappa shape index (κ1) is 18.3. The zero-order valence-electron chi connectivity index (χ0n) is 15.0. The number of phenols is 1. The van der Waals surface area contributed by atoms with E-state index in [2.05, 4.69) is 10.3 Å². The van der Waals surface area contributed by atoms with Gasteiger partial charge in [0.1, 0.15) is 5.75 Å². The van der Waals surface area contributed by atoms with Crippen LogP contribution >= 0.6 is 34.5 Å². The van der Waals surface area contributed by atoms with Crippen molar-refractivity contribution in [3.8, 4) is 16.9 Å². The van der Waals surface area contributed by atoms with Gasteiger partial charge in [0.05, 0.1) is 20.9 Å². The summed E-state index contributed by atoms with van der Waals surface area (Å²) in [6, 6.07) is 23.0. The van der Waals surface area contributed by atoms with Crippen LogP contribution in [0.5, 0.6) is 5.75 Å². The third-order valence-corrected chi connectivity index (χ3v) is 6.27. The number of aromatic hydroxyl groups is 1. The molecule has 0 aliphatic rings. The fourth-order valence-corrected chi connectivity index (χ4v) is 4.79. The van der Waals surface area contributed by atoms with Crippen molar-refractivity contribution < 1.29 is 5.11 Å². The van der Waals surface area contributed by atoms with E-state index in [1.807, 2.05) is 60.7 Å². The van der Waals surface area contributed by atoms with Crippen molar-refractivity contribution in [2.45, 2.75) is 0 Å². The van der Waals surface area contributed by atoms with Crippen molar-refractivity contribution in [3.05, 3.63) is 82.8 Å². The molecule has 1 aromatic heterocycles. The second kappa shape index (κ2) is 7.23. The van der Waals surface area contributed by atoms with Crippen molar-refractivity contribution in [3.63, 3.8) is 0 Å². The summed E-state index contributed by atoms with van der Waals surface area (Å²) >= 11 is 14.0. The molecule has 0 saturated heterocycles. The molecule has 0 amide bonds. The number of hydrogen-bond donors (Lipinski definition) is 2. The molecule has 0 saturated carbocycles. The van der Waals surface area contributed by atoms with Crippen LogP contribution in [0.3, 0.4) is 0 Å². The Labute approximate surface area is 181 Å². The molecule has 0 aliphatic heterocycles. The van der Waals surface area contributed by atoms with Crippen LogP contribution < -0.4 is 5.32 Å². The smallest absolute Gasteiger partial charge is 0.188 e. The number of aromatic nitrogens is 1. The number of phenolic OH excluding ortho intramolecular Hbond substituents is 1. The highest BCUT2D eigenvalue weighted by molar-refractivity contribution is 7.22. The molecule has 4 aromatic carbocycles. The summed E-state index contributed by atoms with van der Waals surface area (Å²) < 4.78 is 1.08. The molecule has 0 radical (unpaired) electrons. The van der Waals surface area contributed by atoms with Gasteiger partial charge in [-0.3, -0.25) is 0 Å². The number of anilines is 2. The van der Waals surface area contributed by atoms with Gasteiger partial charge in [0.25, 0.3) is 0 Å². The molecule has 0 fully saturated rings. The molecule has 5 aromatic rings. The first-order valence-corrected chi connectivity index (χ1v) is 10.5. The van der Waals surface area contributed by atoms with E-state index in [0.29, 0.717) is 32.0 Å². The average Bonchev–Trinajstić information content (AvgIpc) is 3.13. The summed E-state index contributed by atoms with van der Waals surface area (Å²) in [5, 5.41) is 18.2. The van der Waals surface area contributed by atoms with Crippen molar-refractivity contribution >= 4 is 66.3 Å². The Kier molecular flexibility index (Phi) is 4.55. The molecule has 0 aliphatic carbocycles. The fourth-order valence-electron chi connectivity index (χ4n) is 3.41. The van der Waals surface area contributed by atoms with Crippen LogP contribution in [0.15, 0.2) is 72.8 Å². The van der Waals surface area contributed by atoms with E-state index in [1.54, 1.807) is 12.1 Å². The van der Waals surface area contributed by atoms with Crippen LogP contribution in [0.2, 0.25) is 10.0 Å². The number of nitrogens with zero attached hydrogens (tertiary/aromatic N) is 1. The summed E-state index contributed by atoms with van der Waals surface area (Å²) in [7, 11) is 0. The molecule has 29 heavy (non-hydrogen) atoms. The van der Waals surface area contributed by atoms with Crippen molar-refractivity contribution in [1.29, 1.82) is 0 Å². The van der Waals surface area contributed by atoms with E-state index in [4.69, 9.17) is 23.2 Å². The van der Waals surface area contributed by atoms with E-state index < -0.39 is 0 Å². The Morgan fingerprint density at radius 1 is 0.862 bits per heavy atom. The quantitative estimate of drug-likeness (QED) is 0.282. The van der Waals surface area contributed by atoms with Crippen molar-refractivity contribution in [2.75, 3.05) is 5.32 Å². The zero-order valence-corrected chi connectivity index (χ0v) is 17.3. The molecule has 0 atom stereocenters. The molecular formula is C23H14Cl2N2OS. The van der Waals surface area contributed by atoms with Gasteiger partial charge in [0.15, 0.2) is 5.13 Å². The molecule has 142 valence electrons. The van der Waals surface area contributed by atoms with Crippen LogP contribution in [0.4, 0.5) is 10.8 Å². The lowest BCUT2D eigenvalue weighted by Crippen LogP contribution is -1.94. The van der Waals surface area contributed by atoms with Crippen LogP contribution in [-0.2, 0) is 0 Å². The predicted molar refractivity (Wildman–Crippen MR) is 124 cm³/mol. The van der Waals surface area contributed by atoms with Crippen molar-refractivity contribution in [1.82, 2.24) is 4.98 Å². The maximum atomic E-state index is 11.2. The molecule has 5 rings (SSSR count). The van der Waals surface area contributed by atoms with E-state index in [-0.39, 0.29) is 5.75 Å². The zero-order chi connectivity index (χ0) is 20.0. The maximum Gasteiger partial charge on any atom is 0.188 e. The summed E-state index contributed by atoms with van der Waals surface area (Å²) in [6.45, 7) is 0. The summed E-state index contributed by atoms with van der Waals surface area (Å²) in [5.41, 5.74) is 2.87. The second-order valence-electron chi connectivity index (χ2n) is 6.60. The number of thiazole rings is 1. The van der Waals surface area contributed by atoms with Gasteiger partial charge in [0, 0.05) is 21.5 Å². The fraction of sp³-hybridized carbons (Fsp3) is 0. The topological polar surface area (TPSA) is 45.1 Å². The number of halogens is 2. The standard InChI is InChI=1S/C23H14Cl2N2OS/c24-14-9-10-16(18(25)12-14)17-11-13-5-1-2-6-15(13)21(22(17)28)27-23-26-19-7-3-4-8-20(19)29-23/h1-12,28H,(H,26,27). The number of benzene rings is 4. The Balaban J connectivity index is 1.72. The minimum atomic E-state index is 0.118. The van der Waals surface area contributed by atoms with Gasteiger partial charge >= 0.3 is 0 Å². The highest BCUT2D eigenvalue weighted by atomic mass is 35.5. The van der Waals surface area contributed by atoms with Gasteiger partial charge in [-0.1, -0.05) is 77.0 Å². The average molecular weight is 437 g/mol. The predicted octanol–water partition coefficient (Wildman–Crippen LogP) is 7.87. The number of para-hydroxylation sites is 1. The summed E-state index contributed by atoms with van der Waals surface area (Å²) in [6.07, 6.45) is 0. The Morgan fingerprint density at radius 2 is 1.66 bits per heavy atom. The minimum absolute atomic E-state index is 0.118. The molecule has 6 heteroatoms. The second-order valence-corrected chi connectivity index (χ2v) is 8.48. The normalized spacial score (nSPS) is 11.2. The Bertz CT molecular complexity index is 1350. The maximum absolute atomic E-state index is 11.2. The van der Waals surface area contributed by atoms with E-state index in [0.717, 1.165) is 21.0 Å². The minimum Gasteiger partial charge on any atom is -0.505 e. The van der Waals surface area contributed by atoms with Gasteiger partial charge in [-0.15, -0.1) is 0 Å². The number of fused-ring (bicyclic) bond motifs is 2. The lowest BCUT2D eigenvalue weighted by Gasteiger charge is -2.15. The first-order chi connectivity index (χ1) is 14.1. The molecule has 2 N–H and O–H groups in total. The van der Waals surface area contributed by atoms with E-state index >= 15 is 0 Å². The first-order valence-electron chi connectivity index (χ1n) is 8.93. The monoisotopic (exact) mass is 436 g/mol. The number of rotatable bonds is 3. The largest absolute Gasteiger partial charge is 0.505 e.